The lowest BCUT2D eigenvalue weighted by atomic mass is 9.81. The number of hydrogen-bond donors (Lipinski definition) is 1. The van der Waals surface area contributed by atoms with Crippen molar-refractivity contribution in [2.45, 2.75) is 63.5 Å². The molecular formula is C19H30N2. The first-order valence-electron chi connectivity index (χ1n) is 8.88. The fourth-order valence-corrected chi connectivity index (χ4v) is 4.13. The molecule has 3 rings (SSSR count). The molecule has 1 N–H and O–H groups in total. The molecular weight excluding hydrogens is 256 g/mol. The van der Waals surface area contributed by atoms with Gasteiger partial charge in [0.05, 0.1) is 0 Å². The van der Waals surface area contributed by atoms with Crippen molar-refractivity contribution >= 4 is 0 Å². The second-order valence-corrected chi connectivity index (χ2v) is 6.86. The maximum Gasteiger partial charge on any atom is 0.0198 e. The Morgan fingerprint density at radius 1 is 1.00 bits per heavy atom. The molecule has 0 spiro atoms. The molecule has 0 bridgehead atoms. The van der Waals surface area contributed by atoms with E-state index in [9.17, 15) is 0 Å². The number of likely N-dealkylation sites (tertiary alicyclic amines) is 1. The van der Waals surface area contributed by atoms with E-state index in [0.717, 1.165) is 18.0 Å². The van der Waals surface area contributed by atoms with Crippen LogP contribution in [0.25, 0.3) is 0 Å². The maximum absolute atomic E-state index is 3.95. The van der Waals surface area contributed by atoms with Gasteiger partial charge in [0, 0.05) is 18.6 Å². The average Bonchev–Trinajstić information content (AvgIpc) is 2.56. The minimum absolute atomic E-state index is 0.733. The van der Waals surface area contributed by atoms with Gasteiger partial charge in [0.1, 0.15) is 0 Å². The van der Waals surface area contributed by atoms with Crippen molar-refractivity contribution in [3.05, 3.63) is 35.9 Å². The highest BCUT2D eigenvalue weighted by Gasteiger charge is 2.26. The molecule has 1 saturated carbocycles. The van der Waals surface area contributed by atoms with Gasteiger partial charge in [0.25, 0.3) is 0 Å². The summed E-state index contributed by atoms with van der Waals surface area (Å²) in [7, 11) is 0. The quantitative estimate of drug-likeness (QED) is 0.906. The summed E-state index contributed by atoms with van der Waals surface area (Å²) in [6, 6.07) is 12.6. The van der Waals surface area contributed by atoms with E-state index in [1.807, 2.05) is 0 Å². The van der Waals surface area contributed by atoms with E-state index < -0.39 is 0 Å². The third-order valence-corrected chi connectivity index (χ3v) is 5.42. The van der Waals surface area contributed by atoms with E-state index in [1.54, 1.807) is 5.56 Å². The standard InChI is InChI=1S/C19H30N2/c1-2-21-14-6-9-19(15-21)20-18-12-10-17(11-13-18)16-7-4-3-5-8-16/h3-5,7-8,17-20H,2,6,9-15H2,1H3. The Balaban J connectivity index is 1.45. The van der Waals surface area contributed by atoms with Crippen molar-refractivity contribution < 1.29 is 0 Å². The van der Waals surface area contributed by atoms with E-state index >= 15 is 0 Å². The Bertz CT molecular complexity index is 409. The van der Waals surface area contributed by atoms with Gasteiger partial charge >= 0.3 is 0 Å². The summed E-state index contributed by atoms with van der Waals surface area (Å²) >= 11 is 0. The van der Waals surface area contributed by atoms with Crippen molar-refractivity contribution in [2.75, 3.05) is 19.6 Å². The Labute approximate surface area is 129 Å². The summed E-state index contributed by atoms with van der Waals surface area (Å²) in [6.45, 7) is 6.05. The predicted molar refractivity (Wildman–Crippen MR) is 89.7 cm³/mol. The fraction of sp³-hybridized carbons (Fsp3) is 0.684. The molecule has 1 unspecified atom stereocenters. The van der Waals surface area contributed by atoms with Crippen LogP contribution < -0.4 is 5.32 Å². The van der Waals surface area contributed by atoms with E-state index in [-0.39, 0.29) is 0 Å². The van der Waals surface area contributed by atoms with Crippen LogP contribution in [0.15, 0.2) is 30.3 Å². The summed E-state index contributed by atoms with van der Waals surface area (Å²) < 4.78 is 0. The van der Waals surface area contributed by atoms with Gasteiger partial charge in [-0.2, -0.15) is 0 Å². The van der Waals surface area contributed by atoms with Crippen molar-refractivity contribution in [3.63, 3.8) is 0 Å². The molecule has 1 atom stereocenters. The second kappa shape index (κ2) is 7.42. The third-order valence-electron chi connectivity index (χ3n) is 5.42. The average molecular weight is 286 g/mol. The molecule has 1 aliphatic carbocycles. The minimum Gasteiger partial charge on any atom is -0.310 e. The number of piperidine rings is 1. The topological polar surface area (TPSA) is 15.3 Å². The molecule has 2 aliphatic rings. The molecule has 21 heavy (non-hydrogen) atoms. The van der Waals surface area contributed by atoms with Crippen molar-refractivity contribution in [3.8, 4) is 0 Å². The monoisotopic (exact) mass is 286 g/mol. The fourth-order valence-electron chi connectivity index (χ4n) is 4.13. The van der Waals surface area contributed by atoms with E-state index in [1.165, 1.54) is 58.2 Å². The highest BCUT2D eigenvalue weighted by Crippen LogP contribution is 2.33. The molecule has 1 aromatic rings. The zero-order valence-electron chi connectivity index (χ0n) is 13.4. The Hall–Kier alpha value is -0.860. The lowest BCUT2D eigenvalue weighted by Gasteiger charge is -2.37. The molecule has 1 heterocycles. The van der Waals surface area contributed by atoms with Gasteiger partial charge in [0.15, 0.2) is 0 Å². The molecule has 1 saturated heterocycles. The first-order valence-corrected chi connectivity index (χ1v) is 8.88. The third kappa shape index (κ3) is 4.08. The highest BCUT2D eigenvalue weighted by atomic mass is 15.2. The number of benzene rings is 1. The molecule has 2 fully saturated rings. The molecule has 2 heteroatoms. The summed E-state index contributed by atoms with van der Waals surface area (Å²) in [6.07, 6.45) is 8.14. The zero-order chi connectivity index (χ0) is 14.5. The van der Waals surface area contributed by atoms with E-state index in [4.69, 9.17) is 0 Å². The molecule has 0 amide bonds. The van der Waals surface area contributed by atoms with Crippen molar-refractivity contribution in [1.82, 2.24) is 10.2 Å². The van der Waals surface area contributed by atoms with Crippen molar-refractivity contribution in [1.29, 1.82) is 0 Å². The number of hydrogen-bond acceptors (Lipinski definition) is 2. The van der Waals surface area contributed by atoms with E-state index in [0.29, 0.717) is 0 Å². The Morgan fingerprint density at radius 3 is 2.48 bits per heavy atom. The zero-order valence-corrected chi connectivity index (χ0v) is 13.4. The first kappa shape index (κ1) is 15.1. The summed E-state index contributed by atoms with van der Waals surface area (Å²) in [5.74, 6) is 0.794. The minimum atomic E-state index is 0.733. The van der Waals surface area contributed by atoms with Crippen LogP contribution in [0.1, 0.15) is 56.9 Å². The van der Waals surface area contributed by atoms with Crippen LogP contribution >= 0.6 is 0 Å². The van der Waals surface area contributed by atoms with Crippen LogP contribution in [0.3, 0.4) is 0 Å². The van der Waals surface area contributed by atoms with Crippen molar-refractivity contribution in [2.24, 2.45) is 0 Å². The summed E-state index contributed by atoms with van der Waals surface area (Å²) in [5, 5.41) is 3.95. The lowest BCUT2D eigenvalue weighted by molar-refractivity contribution is 0.180. The molecule has 0 radical (unpaired) electrons. The smallest absolute Gasteiger partial charge is 0.0198 e. The molecule has 116 valence electrons. The van der Waals surface area contributed by atoms with Crippen LogP contribution in [0.5, 0.6) is 0 Å². The van der Waals surface area contributed by atoms with Crippen LogP contribution in [0.4, 0.5) is 0 Å². The van der Waals surface area contributed by atoms with Gasteiger partial charge in [-0.3, -0.25) is 0 Å². The molecule has 2 nitrogen and oxygen atoms in total. The summed E-state index contributed by atoms with van der Waals surface area (Å²) in [4.78, 5) is 2.59. The predicted octanol–water partition coefficient (Wildman–Crippen LogP) is 3.79. The molecule has 1 aliphatic heterocycles. The number of nitrogens with one attached hydrogen (secondary N) is 1. The van der Waals surface area contributed by atoms with Gasteiger partial charge in [0.2, 0.25) is 0 Å². The molecule has 1 aromatic carbocycles. The Kier molecular flexibility index (Phi) is 5.32. The number of nitrogens with zero attached hydrogens (tertiary/aromatic N) is 1. The molecule has 0 aromatic heterocycles. The van der Waals surface area contributed by atoms with Gasteiger partial charge in [-0.25, -0.2) is 0 Å². The normalized spacial score (nSPS) is 31.2. The first-order chi connectivity index (χ1) is 10.3. The van der Waals surface area contributed by atoms with E-state index in [2.05, 4.69) is 47.5 Å². The van der Waals surface area contributed by atoms with Gasteiger partial charge < -0.3 is 10.2 Å². The van der Waals surface area contributed by atoms with Crippen LogP contribution in [0.2, 0.25) is 0 Å². The summed E-state index contributed by atoms with van der Waals surface area (Å²) in [5.41, 5.74) is 1.55. The van der Waals surface area contributed by atoms with Crippen LogP contribution in [0, 0.1) is 0 Å². The van der Waals surface area contributed by atoms with Gasteiger partial charge in [-0.15, -0.1) is 0 Å². The van der Waals surface area contributed by atoms with Crippen LogP contribution in [-0.2, 0) is 0 Å². The van der Waals surface area contributed by atoms with Gasteiger partial charge in [-0.05, 0) is 63.1 Å². The number of likely N-dealkylation sites (N-methyl/N-ethyl adjacent to an activating group) is 1. The van der Waals surface area contributed by atoms with Gasteiger partial charge in [-0.1, -0.05) is 37.3 Å². The second-order valence-electron chi connectivity index (χ2n) is 6.86. The number of rotatable bonds is 4. The SMILES string of the molecule is CCN1CCCC(NC2CCC(c3ccccc3)CC2)C1. The lowest BCUT2D eigenvalue weighted by Crippen LogP contribution is -2.49. The maximum atomic E-state index is 3.95. The van der Waals surface area contributed by atoms with Crippen LogP contribution in [-0.4, -0.2) is 36.6 Å². The largest absolute Gasteiger partial charge is 0.310 e. The Morgan fingerprint density at radius 2 is 1.76 bits per heavy atom. The highest BCUT2D eigenvalue weighted by molar-refractivity contribution is 5.20.